The van der Waals surface area contributed by atoms with Crippen LogP contribution in [-0.2, 0) is 10.0 Å². The highest BCUT2D eigenvalue weighted by molar-refractivity contribution is 7.89. The number of anilines is 2. The Balaban J connectivity index is 2.35. The van der Waals surface area contributed by atoms with Gasteiger partial charge in [0, 0.05) is 5.54 Å². The molecule has 1 fully saturated rings. The Labute approximate surface area is 108 Å². The molecule has 0 radical (unpaired) electrons. The van der Waals surface area contributed by atoms with Gasteiger partial charge in [-0.25, -0.2) is 13.6 Å². The molecule has 1 aromatic rings. The summed E-state index contributed by atoms with van der Waals surface area (Å²) < 4.78 is 22.8. The highest BCUT2D eigenvalue weighted by Crippen LogP contribution is 2.40. The highest BCUT2D eigenvalue weighted by atomic mass is 32.2. The van der Waals surface area contributed by atoms with Gasteiger partial charge in [0.15, 0.2) is 0 Å². The Hall–Kier alpha value is -1.27. The first-order chi connectivity index (χ1) is 8.38. The van der Waals surface area contributed by atoms with Crippen molar-refractivity contribution in [3.63, 3.8) is 0 Å². The minimum atomic E-state index is -3.77. The third-order valence-corrected chi connectivity index (χ3v) is 4.73. The third-order valence-electron chi connectivity index (χ3n) is 3.76. The number of nitrogens with one attached hydrogen (secondary N) is 1. The van der Waals surface area contributed by atoms with E-state index >= 15 is 0 Å². The lowest BCUT2D eigenvalue weighted by Gasteiger charge is -2.43. The summed E-state index contributed by atoms with van der Waals surface area (Å²) in [6, 6.07) is 4.87. The maximum atomic E-state index is 11.4. The van der Waals surface area contributed by atoms with Gasteiger partial charge in [-0.05, 0) is 37.8 Å². The summed E-state index contributed by atoms with van der Waals surface area (Å²) in [5, 5.41) is 8.51. The lowest BCUT2D eigenvalue weighted by atomic mass is 9.74. The first-order valence-corrected chi connectivity index (χ1v) is 7.62. The Morgan fingerprint density at radius 2 is 2.06 bits per heavy atom. The van der Waals surface area contributed by atoms with Crippen molar-refractivity contribution in [2.24, 2.45) is 5.14 Å². The van der Waals surface area contributed by atoms with Crippen LogP contribution in [0.5, 0.6) is 0 Å². The van der Waals surface area contributed by atoms with E-state index in [9.17, 15) is 8.42 Å². The largest absolute Gasteiger partial charge is 0.396 e. The van der Waals surface area contributed by atoms with Gasteiger partial charge >= 0.3 is 0 Å². The molecule has 0 unspecified atom stereocenters. The van der Waals surface area contributed by atoms with Crippen molar-refractivity contribution >= 4 is 21.4 Å². The van der Waals surface area contributed by atoms with Crippen LogP contribution in [0.1, 0.15) is 32.6 Å². The summed E-state index contributed by atoms with van der Waals surface area (Å²) in [5.41, 5.74) is 6.81. The van der Waals surface area contributed by atoms with Gasteiger partial charge in [0.25, 0.3) is 0 Å². The molecule has 0 bridgehead atoms. The summed E-state index contributed by atoms with van der Waals surface area (Å²) in [7, 11) is -3.77. The van der Waals surface area contributed by atoms with Crippen LogP contribution in [0, 0.1) is 0 Å². The van der Waals surface area contributed by atoms with Crippen LogP contribution < -0.4 is 16.2 Å². The molecule has 0 aromatic heterocycles. The van der Waals surface area contributed by atoms with E-state index in [2.05, 4.69) is 12.2 Å². The molecule has 0 aliphatic heterocycles. The average Bonchev–Trinajstić information content (AvgIpc) is 2.24. The number of nitrogen functional groups attached to an aromatic ring is 1. The van der Waals surface area contributed by atoms with Crippen molar-refractivity contribution in [3.8, 4) is 0 Å². The predicted molar refractivity (Wildman–Crippen MR) is 72.7 cm³/mol. The monoisotopic (exact) mass is 269 g/mol. The summed E-state index contributed by atoms with van der Waals surface area (Å²) in [4.78, 5) is -0.0157. The molecule has 1 aromatic carbocycles. The summed E-state index contributed by atoms with van der Waals surface area (Å²) in [6.07, 6.45) is 4.35. The van der Waals surface area contributed by atoms with Crippen LogP contribution in [0.2, 0.25) is 0 Å². The van der Waals surface area contributed by atoms with Gasteiger partial charge < -0.3 is 11.1 Å². The zero-order chi connectivity index (χ0) is 13.4. The topological polar surface area (TPSA) is 98.2 Å². The first kappa shape index (κ1) is 13.2. The van der Waals surface area contributed by atoms with Crippen molar-refractivity contribution in [1.29, 1.82) is 0 Å². The van der Waals surface area contributed by atoms with Crippen LogP contribution in [-0.4, -0.2) is 14.0 Å². The number of para-hydroxylation sites is 1. The zero-order valence-electron chi connectivity index (χ0n) is 10.4. The second kappa shape index (κ2) is 4.44. The summed E-state index contributed by atoms with van der Waals surface area (Å²) in [6.45, 7) is 2.12. The van der Waals surface area contributed by atoms with Crippen molar-refractivity contribution < 1.29 is 8.42 Å². The lowest BCUT2D eigenvalue weighted by molar-refractivity contribution is 0.269. The molecule has 5 N–H and O–H groups in total. The Bertz CT molecular complexity index is 545. The average molecular weight is 269 g/mol. The van der Waals surface area contributed by atoms with Gasteiger partial charge in [-0.1, -0.05) is 13.0 Å². The molecule has 1 aliphatic rings. The fourth-order valence-corrected chi connectivity index (χ4v) is 3.04. The number of benzene rings is 1. The number of primary sulfonamides is 1. The van der Waals surface area contributed by atoms with E-state index in [1.165, 1.54) is 12.5 Å². The second-order valence-electron chi connectivity index (χ2n) is 4.87. The van der Waals surface area contributed by atoms with Crippen LogP contribution in [0.4, 0.5) is 11.4 Å². The number of hydrogen-bond donors (Lipinski definition) is 3. The minimum Gasteiger partial charge on any atom is -0.396 e. The van der Waals surface area contributed by atoms with Crippen LogP contribution in [0.3, 0.4) is 0 Å². The maximum absolute atomic E-state index is 11.4. The van der Waals surface area contributed by atoms with E-state index in [0.29, 0.717) is 5.69 Å². The molecular formula is C12H19N3O2S. The molecule has 1 aliphatic carbocycles. The van der Waals surface area contributed by atoms with E-state index < -0.39 is 10.0 Å². The minimum absolute atomic E-state index is 0.0157. The normalized spacial score (nSPS) is 18.1. The summed E-state index contributed by atoms with van der Waals surface area (Å²) in [5.74, 6) is 0. The number of nitrogens with two attached hydrogens (primary N) is 2. The molecule has 0 saturated heterocycles. The molecule has 5 nitrogen and oxygen atoms in total. The molecule has 18 heavy (non-hydrogen) atoms. The van der Waals surface area contributed by atoms with E-state index in [-0.39, 0.29) is 16.1 Å². The van der Waals surface area contributed by atoms with Gasteiger partial charge in [-0.2, -0.15) is 0 Å². The van der Waals surface area contributed by atoms with Crippen molar-refractivity contribution in [1.82, 2.24) is 0 Å². The second-order valence-corrected chi connectivity index (χ2v) is 6.40. The van der Waals surface area contributed by atoms with Crippen molar-refractivity contribution in [2.75, 3.05) is 11.1 Å². The lowest BCUT2D eigenvalue weighted by Crippen LogP contribution is -2.44. The van der Waals surface area contributed by atoms with E-state index in [4.69, 9.17) is 10.9 Å². The maximum Gasteiger partial charge on any atom is 0.240 e. The molecule has 0 atom stereocenters. The Morgan fingerprint density at radius 1 is 1.39 bits per heavy atom. The van der Waals surface area contributed by atoms with E-state index in [1.54, 1.807) is 12.1 Å². The van der Waals surface area contributed by atoms with Crippen molar-refractivity contribution in [2.45, 2.75) is 43.0 Å². The zero-order valence-corrected chi connectivity index (χ0v) is 11.3. The Morgan fingerprint density at radius 3 is 2.50 bits per heavy atom. The van der Waals surface area contributed by atoms with Crippen molar-refractivity contribution in [3.05, 3.63) is 18.2 Å². The first-order valence-electron chi connectivity index (χ1n) is 6.07. The third kappa shape index (κ3) is 2.30. The molecule has 1 saturated carbocycles. The molecular weight excluding hydrogens is 250 g/mol. The highest BCUT2D eigenvalue weighted by Gasteiger charge is 2.35. The van der Waals surface area contributed by atoms with Crippen LogP contribution in [0.25, 0.3) is 0 Å². The van der Waals surface area contributed by atoms with Crippen LogP contribution >= 0.6 is 0 Å². The van der Waals surface area contributed by atoms with E-state index in [0.717, 1.165) is 19.3 Å². The number of rotatable bonds is 4. The molecule has 100 valence electrons. The molecule has 0 amide bonds. The smallest absolute Gasteiger partial charge is 0.240 e. The molecule has 2 rings (SSSR count). The van der Waals surface area contributed by atoms with Gasteiger partial charge in [-0.15, -0.1) is 0 Å². The van der Waals surface area contributed by atoms with Gasteiger partial charge in [-0.3, -0.25) is 0 Å². The molecule has 0 heterocycles. The molecule has 0 spiro atoms. The standard InChI is InChI=1S/C12H19N3O2S/c1-2-12(7-4-8-12)15-9-5-3-6-10(11(9)13)18(14,16)17/h3,5-6,15H,2,4,7-8,13H2,1H3,(H2,14,16,17). The number of sulfonamides is 1. The van der Waals surface area contributed by atoms with Gasteiger partial charge in [0.1, 0.15) is 4.90 Å². The predicted octanol–water partition coefficient (Wildman–Crippen LogP) is 1.66. The number of hydrogen-bond acceptors (Lipinski definition) is 4. The van der Waals surface area contributed by atoms with E-state index in [1.807, 2.05) is 0 Å². The SMILES string of the molecule is CCC1(Nc2cccc(S(N)(=O)=O)c2N)CCC1. The summed E-state index contributed by atoms with van der Waals surface area (Å²) >= 11 is 0. The van der Waals surface area contributed by atoms with Gasteiger partial charge in [0.2, 0.25) is 10.0 Å². The quantitative estimate of drug-likeness (QED) is 0.724. The van der Waals surface area contributed by atoms with Crippen LogP contribution in [0.15, 0.2) is 23.1 Å². The Kier molecular flexibility index (Phi) is 3.25. The molecule has 6 heteroatoms. The fraction of sp³-hybridized carbons (Fsp3) is 0.500. The fourth-order valence-electron chi connectivity index (χ4n) is 2.36. The van der Waals surface area contributed by atoms with Gasteiger partial charge in [0.05, 0.1) is 11.4 Å².